The lowest BCUT2D eigenvalue weighted by atomic mass is 10.1. The van der Waals surface area contributed by atoms with E-state index in [2.05, 4.69) is 44.3 Å². The zero-order valence-corrected chi connectivity index (χ0v) is 19.4. The second-order valence-corrected chi connectivity index (χ2v) is 8.24. The van der Waals surface area contributed by atoms with E-state index in [0.29, 0.717) is 5.92 Å². The monoisotopic (exact) mass is 494 g/mol. The molecule has 0 bridgehead atoms. The van der Waals surface area contributed by atoms with Crippen molar-refractivity contribution in [3.63, 3.8) is 0 Å². The van der Waals surface area contributed by atoms with Gasteiger partial charge in [-0.15, -0.1) is 24.0 Å². The topological polar surface area (TPSA) is 66.0 Å². The molecule has 1 aliphatic rings. The summed E-state index contributed by atoms with van der Waals surface area (Å²) in [6.07, 6.45) is 0.536. The number of thiophene rings is 1. The minimum absolute atomic E-state index is 0. The minimum Gasteiger partial charge on any atom is -0.444 e. The molecule has 2 unspecified atom stereocenters. The van der Waals surface area contributed by atoms with Crippen LogP contribution in [0.5, 0.6) is 0 Å². The van der Waals surface area contributed by atoms with Gasteiger partial charge in [-0.3, -0.25) is 4.99 Å². The van der Waals surface area contributed by atoms with Gasteiger partial charge in [-0.2, -0.15) is 11.3 Å². The molecule has 2 N–H and O–H groups in total. The predicted octanol–water partition coefficient (Wildman–Crippen LogP) is 3.64. The van der Waals surface area contributed by atoms with Gasteiger partial charge in [-0.05, 0) is 55.5 Å². The van der Waals surface area contributed by atoms with Crippen LogP contribution in [-0.2, 0) is 4.74 Å². The fourth-order valence-electron chi connectivity index (χ4n) is 2.79. The first-order valence-corrected chi connectivity index (χ1v) is 9.70. The molecule has 0 aliphatic carbocycles. The van der Waals surface area contributed by atoms with Crippen LogP contribution in [0.3, 0.4) is 0 Å². The number of nitrogens with zero attached hydrogens (tertiary/aromatic N) is 2. The fourth-order valence-corrected chi connectivity index (χ4v) is 3.58. The summed E-state index contributed by atoms with van der Waals surface area (Å²) in [5.41, 5.74) is 0.872. The summed E-state index contributed by atoms with van der Waals surface area (Å²) in [5.74, 6) is 1.32. The zero-order valence-electron chi connectivity index (χ0n) is 16.2. The standard InChI is InChI=1S/C18H30N4O2S.HI/c1-13(14-7-9-25-12-14)10-20-16(19-5)22-8-6-15(11-22)21-17(23)24-18(2,3)4;/h7,9,12-13,15H,6,8,10-11H2,1-5H3,(H,19,20)(H,21,23);1H. The summed E-state index contributed by atoms with van der Waals surface area (Å²) in [6, 6.07) is 2.25. The Hall–Kier alpha value is -1.03. The number of amides is 1. The van der Waals surface area contributed by atoms with Crippen molar-refractivity contribution >= 4 is 47.4 Å². The zero-order chi connectivity index (χ0) is 18.4. The van der Waals surface area contributed by atoms with Crippen molar-refractivity contribution in [1.29, 1.82) is 0 Å². The lowest BCUT2D eigenvalue weighted by molar-refractivity contribution is 0.0507. The van der Waals surface area contributed by atoms with E-state index >= 15 is 0 Å². The maximum Gasteiger partial charge on any atom is 0.407 e. The molecular weight excluding hydrogens is 463 g/mol. The van der Waals surface area contributed by atoms with Gasteiger partial charge in [0.1, 0.15) is 5.60 Å². The number of hydrogen-bond donors (Lipinski definition) is 2. The number of rotatable bonds is 4. The molecule has 2 heterocycles. The summed E-state index contributed by atoms with van der Waals surface area (Å²) in [7, 11) is 1.80. The van der Waals surface area contributed by atoms with Crippen LogP contribution in [0.2, 0.25) is 0 Å². The van der Waals surface area contributed by atoms with Crippen molar-refractivity contribution in [2.45, 2.75) is 51.7 Å². The smallest absolute Gasteiger partial charge is 0.407 e. The third-order valence-corrected chi connectivity index (χ3v) is 4.80. The average molecular weight is 494 g/mol. The highest BCUT2D eigenvalue weighted by Crippen LogP contribution is 2.17. The summed E-state index contributed by atoms with van der Waals surface area (Å²) < 4.78 is 5.33. The first-order valence-electron chi connectivity index (χ1n) is 8.75. The van der Waals surface area contributed by atoms with E-state index in [-0.39, 0.29) is 36.1 Å². The molecule has 0 radical (unpaired) electrons. The van der Waals surface area contributed by atoms with Crippen LogP contribution in [0.25, 0.3) is 0 Å². The van der Waals surface area contributed by atoms with Crippen molar-refractivity contribution in [2.24, 2.45) is 4.99 Å². The number of carbonyl (C=O) groups is 1. The van der Waals surface area contributed by atoms with E-state index in [1.54, 1.807) is 18.4 Å². The van der Waals surface area contributed by atoms with Crippen molar-refractivity contribution in [3.8, 4) is 0 Å². The van der Waals surface area contributed by atoms with Gasteiger partial charge in [0.05, 0.1) is 6.04 Å². The van der Waals surface area contributed by atoms with Gasteiger partial charge in [0, 0.05) is 26.7 Å². The van der Waals surface area contributed by atoms with Crippen LogP contribution in [0.1, 0.15) is 45.6 Å². The van der Waals surface area contributed by atoms with Crippen molar-refractivity contribution in [3.05, 3.63) is 22.4 Å². The Morgan fingerprint density at radius 1 is 1.50 bits per heavy atom. The molecule has 1 saturated heterocycles. The van der Waals surface area contributed by atoms with E-state index < -0.39 is 5.60 Å². The lowest BCUT2D eigenvalue weighted by Gasteiger charge is -2.24. The number of halogens is 1. The second-order valence-electron chi connectivity index (χ2n) is 7.46. The maximum atomic E-state index is 11.9. The van der Waals surface area contributed by atoms with Gasteiger partial charge in [-0.25, -0.2) is 4.79 Å². The van der Waals surface area contributed by atoms with Crippen molar-refractivity contribution in [2.75, 3.05) is 26.7 Å². The number of nitrogens with one attached hydrogen (secondary N) is 2. The predicted molar refractivity (Wildman–Crippen MR) is 119 cm³/mol. The van der Waals surface area contributed by atoms with Crippen LogP contribution in [-0.4, -0.2) is 55.3 Å². The van der Waals surface area contributed by atoms with Crippen LogP contribution < -0.4 is 10.6 Å². The average Bonchev–Trinajstić information content (AvgIpc) is 3.17. The van der Waals surface area contributed by atoms with Crippen LogP contribution >= 0.6 is 35.3 Å². The van der Waals surface area contributed by atoms with Crippen LogP contribution in [0.15, 0.2) is 21.8 Å². The Bertz CT molecular complexity index is 587. The van der Waals surface area contributed by atoms with Gasteiger partial charge in [0.25, 0.3) is 0 Å². The highest BCUT2D eigenvalue weighted by molar-refractivity contribution is 14.0. The Balaban J connectivity index is 0.00000338. The molecule has 1 aliphatic heterocycles. The maximum absolute atomic E-state index is 11.9. The molecule has 26 heavy (non-hydrogen) atoms. The van der Waals surface area contributed by atoms with Crippen LogP contribution in [0, 0.1) is 0 Å². The molecule has 2 rings (SSSR count). The Morgan fingerprint density at radius 3 is 2.81 bits per heavy atom. The molecule has 2 atom stereocenters. The lowest BCUT2D eigenvalue weighted by Crippen LogP contribution is -2.44. The summed E-state index contributed by atoms with van der Waals surface area (Å²) in [6.45, 7) is 10.3. The number of likely N-dealkylation sites (tertiary alicyclic amines) is 1. The minimum atomic E-state index is -0.474. The van der Waals surface area contributed by atoms with E-state index in [1.165, 1.54) is 5.56 Å². The number of aliphatic imine (C=N–C) groups is 1. The molecule has 8 heteroatoms. The molecule has 0 saturated carbocycles. The van der Waals surface area contributed by atoms with Crippen LogP contribution in [0.4, 0.5) is 4.79 Å². The van der Waals surface area contributed by atoms with Crippen molar-refractivity contribution in [1.82, 2.24) is 15.5 Å². The van der Waals surface area contributed by atoms with E-state index in [0.717, 1.165) is 32.0 Å². The Kier molecular flexibility index (Phi) is 9.15. The summed E-state index contributed by atoms with van der Waals surface area (Å²) in [5, 5.41) is 10.7. The van der Waals surface area contributed by atoms with Gasteiger partial charge < -0.3 is 20.3 Å². The SMILES string of the molecule is CN=C(NCC(C)c1ccsc1)N1CCC(NC(=O)OC(C)(C)C)C1.I. The van der Waals surface area contributed by atoms with Gasteiger partial charge in [0.2, 0.25) is 0 Å². The number of alkyl carbamates (subject to hydrolysis) is 1. The fraction of sp³-hybridized carbons (Fsp3) is 0.667. The number of hydrogen-bond acceptors (Lipinski definition) is 4. The number of ether oxygens (including phenoxy) is 1. The molecule has 1 fully saturated rings. The Morgan fingerprint density at radius 2 is 2.23 bits per heavy atom. The second kappa shape index (κ2) is 10.3. The van der Waals surface area contributed by atoms with E-state index in [4.69, 9.17) is 4.74 Å². The first-order chi connectivity index (χ1) is 11.8. The van der Waals surface area contributed by atoms with Gasteiger partial charge in [-0.1, -0.05) is 6.92 Å². The van der Waals surface area contributed by atoms with E-state index in [1.807, 2.05) is 20.8 Å². The normalized spacial score (nSPS) is 18.9. The molecular formula is C18H31IN4O2S. The molecule has 1 aromatic rings. The molecule has 6 nitrogen and oxygen atoms in total. The number of carbonyl (C=O) groups excluding carboxylic acids is 1. The first kappa shape index (κ1) is 23.0. The third kappa shape index (κ3) is 7.30. The summed E-state index contributed by atoms with van der Waals surface area (Å²) >= 11 is 1.72. The molecule has 148 valence electrons. The quantitative estimate of drug-likeness (QED) is 0.381. The molecule has 0 aromatic carbocycles. The third-order valence-electron chi connectivity index (χ3n) is 4.10. The summed E-state index contributed by atoms with van der Waals surface area (Å²) in [4.78, 5) is 18.5. The highest BCUT2D eigenvalue weighted by atomic mass is 127. The molecule has 1 amide bonds. The highest BCUT2D eigenvalue weighted by Gasteiger charge is 2.28. The number of guanidine groups is 1. The molecule has 0 spiro atoms. The van der Waals surface area contributed by atoms with Gasteiger partial charge in [0.15, 0.2) is 5.96 Å². The molecule has 1 aromatic heterocycles. The van der Waals surface area contributed by atoms with Gasteiger partial charge >= 0.3 is 6.09 Å². The Labute approximate surface area is 177 Å². The largest absolute Gasteiger partial charge is 0.444 e. The van der Waals surface area contributed by atoms with E-state index in [9.17, 15) is 4.79 Å². The van der Waals surface area contributed by atoms with Crippen molar-refractivity contribution < 1.29 is 9.53 Å².